The first-order valence-corrected chi connectivity index (χ1v) is 4.04. The van der Waals surface area contributed by atoms with E-state index in [2.05, 4.69) is 11.4 Å². The van der Waals surface area contributed by atoms with Gasteiger partial charge in [-0.2, -0.15) is 5.26 Å². The molecule has 0 unspecified atom stereocenters. The molecule has 0 aromatic carbocycles. The van der Waals surface area contributed by atoms with Crippen molar-refractivity contribution in [3.63, 3.8) is 0 Å². The number of hydrogen-bond acceptors (Lipinski definition) is 2. The molecule has 0 saturated carbocycles. The van der Waals surface area contributed by atoms with Crippen LogP contribution in [0.3, 0.4) is 0 Å². The molecule has 0 radical (unpaired) electrons. The molecule has 1 aliphatic heterocycles. The molecule has 0 atom stereocenters. The van der Waals surface area contributed by atoms with Crippen molar-refractivity contribution >= 4 is 0 Å². The number of hydrogen-bond donors (Lipinski definition) is 1. The minimum absolute atomic E-state index is 0.330. The van der Waals surface area contributed by atoms with E-state index in [4.69, 9.17) is 5.26 Å². The number of rotatable bonds is 0. The number of piperidine rings is 1. The summed E-state index contributed by atoms with van der Waals surface area (Å²) >= 11 is 0. The second kappa shape index (κ2) is 6.57. The summed E-state index contributed by atoms with van der Waals surface area (Å²) in [5.74, 6) is 0.330. The fourth-order valence-corrected chi connectivity index (χ4v) is 0.951. The lowest BCUT2D eigenvalue weighted by molar-refractivity contribution is 0.444. The molecular weight excluding hydrogens is 124 g/mol. The second-order valence-electron chi connectivity index (χ2n) is 2.15. The Morgan fingerprint density at radius 2 is 1.80 bits per heavy atom. The summed E-state index contributed by atoms with van der Waals surface area (Å²) in [5, 5.41) is 11.6. The molecule has 1 N–H and O–H groups in total. The van der Waals surface area contributed by atoms with Gasteiger partial charge in [0.1, 0.15) is 0 Å². The fourth-order valence-electron chi connectivity index (χ4n) is 0.951. The van der Waals surface area contributed by atoms with E-state index in [0.717, 1.165) is 25.9 Å². The van der Waals surface area contributed by atoms with E-state index in [1.165, 1.54) is 0 Å². The van der Waals surface area contributed by atoms with Crippen LogP contribution in [0.4, 0.5) is 0 Å². The van der Waals surface area contributed by atoms with E-state index < -0.39 is 0 Å². The van der Waals surface area contributed by atoms with E-state index in [9.17, 15) is 0 Å². The minimum atomic E-state index is 0.330. The molecule has 1 heterocycles. The number of nitrogens with one attached hydrogen (secondary N) is 1. The maximum Gasteiger partial charge on any atom is 0.0656 e. The predicted octanol–water partition coefficient (Wildman–Crippen LogP) is 1.54. The van der Waals surface area contributed by atoms with Crippen LogP contribution in [-0.2, 0) is 0 Å². The molecule has 1 fully saturated rings. The molecule has 0 amide bonds. The van der Waals surface area contributed by atoms with Crippen molar-refractivity contribution in [2.75, 3.05) is 13.1 Å². The third kappa shape index (κ3) is 3.47. The van der Waals surface area contributed by atoms with Gasteiger partial charge in [0, 0.05) is 5.92 Å². The SMILES string of the molecule is CC.N#CC1CCNCC1. The van der Waals surface area contributed by atoms with E-state index >= 15 is 0 Å². The molecule has 1 rings (SSSR count). The van der Waals surface area contributed by atoms with Gasteiger partial charge in [0.15, 0.2) is 0 Å². The summed E-state index contributed by atoms with van der Waals surface area (Å²) in [6.07, 6.45) is 2.08. The molecule has 0 aromatic rings. The van der Waals surface area contributed by atoms with Gasteiger partial charge in [-0.3, -0.25) is 0 Å². The van der Waals surface area contributed by atoms with Crippen molar-refractivity contribution < 1.29 is 0 Å². The molecule has 0 spiro atoms. The summed E-state index contributed by atoms with van der Waals surface area (Å²) in [6, 6.07) is 2.26. The van der Waals surface area contributed by atoms with Crippen LogP contribution in [0.1, 0.15) is 26.7 Å². The van der Waals surface area contributed by atoms with E-state index in [1.807, 2.05) is 13.8 Å². The summed E-state index contributed by atoms with van der Waals surface area (Å²) in [7, 11) is 0. The van der Waals surface area contributed by atoms with Gasteiger partial charge in [0.2, 0.25) is 0 Å². The normalized spacial score (nSPS) is 18.5. The lowest BCUT2D eigenvalue weighted by atomic mass is 10.0. The lowest BCUT2D eigenvalue weighted by Gasteiger charge is -2.15. The van der Waals surface area contributed by atoms with Crippen LogP contribution in [0.25, 0.3) is 0 Å². The molecule has 0 bridgehead atoms. The Hall–Kier alpha value is -0.550. The zero-order valence-electron chi connectivity index (χ0n) is 6.85. The van der Waals surface area contributed by atoms with E-state index in [0.29, 0.717) is 5.92 Å². The fraction of sp³-hybridized carbons (Fsp3) is 0.875. The van der Waals surface area contributed by atoms with Gasteiger partial charge in [0.25, 0.3) is 0 Å². The largest absolute Gasteiger partial charge is 0.317 e. The maximum atomic E-state index is 8.41. The van der Waals surface area contributed by atoms with Crippen LogP contribution in [0.5, 0.6) is 0 Å². The summed E-state index contributed by atoms with van der Waals surface area (Å²) in [6.45, 7) is 6.05. The third-order valence-corrected chi connectivity index (χ3v) is 1.52. The van der Waals surface area contributed by atoms with Crippen LogP contribution in [0.2, 0.25) is 0 Å². The van der Waals surface area contributed by atoms with Gasteiger partial charge in [-0.25, -0.2) is 0 Å². The quantitative estimate of drug-likeness (QED) is 0.554. The highest BCUT2D eigenvalue weighted by molar-refractivity contribution is 4.85. The highest BCUT2D eigenvalue weighted by Crippen LogP contribution is 2.08. The molecule has 1 saturated heterocycles. The topological polar surface area (TPSA) is 35.8 Å². The highest BCUT2D eigenvalue weighted by atomic mass is 14.9. The first-order chi connectivity index (χ1) is 4.93. The summed E-state index contributed by atoms with van der Waals surface area (Å²) < 4.78 is 0. The van der Waals surface area contributed by atoms with Crippen molar-refractivity contribution in [2.24, 2.45) is 5.92 Å². The van der Waals surface area contributed by atoms with Gasteiger partial charge in [0.05, 0.1) is 6.07 Å². The number of nitrogens with zero attached hydrogens (tertiary/aromatic N) is 1. The standard InChI is InChI=1S/C6H10N2.C2H6/c7-5-6-1-3-8-4-2-6;1-2/h6,8H,1-4H2;1-2H3. The highest BCUT2D eigenvalue weighted by Gasteiger charge is 2.09. The summed E-state index contributed by atoms with van der Waals surface area (Å²) in [5.41, 5.74) is 0. The Balaban J connectivity index is 0.000000371. The monoisotopic (exact) mass is 140 g/mol. The average Bonchev–Trinajstić information content (AvgIpc) is 2.10. The van der Waals surface area contributed by atoms with Crippen molar-refractivity contribution in [3.8, 4) is 6.07 Å². The zero-order chi connectivity index (χ0) is 7.82. The lowest BCUT2D eigenvalue weighted by Crippen LogP contribution is -2.26. The zero-order valence-corrected chi connectivity index (χ0v) is 6.85. The van der Waals surface area contributed by atoms with Crippen LogP contribution in [-0.4, -0.2) is 13.1 Å². The first kappa shape index (κ1) is 9.45. The van der Waals surface area contributed by atoms with Gasteiger partial charge >= 0.3 is 0 Å². The van der Waals surface area contributed by atoms with Crippen LogP contribution >= 0.6 is 0 Å². The van der Waals surface area contributed by atoms with Crippen LogP contribution in [0.15, 0.2) is 0 Å². The van der Waals surface area contributed by atoms with Crippen LogP contribution < -0.4 is 5.32 Å². The van der Waals surface area contributed by atoms with Gasteiger partial charge < -0.3 is 5.32 Å². The van der Waals surface area contributed by atoms with Crippen molar-refractivity contribution in [1.82, 2.24) is 5.32 Å². The van der Waals surface area contributed by atoms with Gasteiger partial charge in [-0.1, -0.05) is 13.8 Å². The Morgan fingerprint density at radius 3 is 2.10 bits per heavy atom. The van der Waals surface area contributed by atoms with Crippen LogP contribution in [0, 0.1) is 17.2 Å². The first-order valence-electron chi connectivity index (χ1n) is 4.04. The van der Waals surface area contributed by atoms with Crippen molar-refractivity contribution in [3.05, 3.63) is 0 Å². The average molecular weight is 140 g/mol. The van der Waals surface area contributed by atoms with E-state index in [-0.39, 0.29) is 0 Å². The van der Waals surface area contributed by atoms with Gasteiger partial charge in [-0.05, 0) is 25.9 Å². The van der Waals surface area contributed by atoms with Crippen molar-refractivity contribution in [1.29, 1.82) is 5.26 Å². The predicted molar refractivity (Wildman–Crippen MR) is 42.6 cm³/mol. The molecular formula is C8H16N2. The summed E-state index contributed by atoms with van der Waals surface area (Å²) in [4.78, 5) is 0. The molecule has 10 heavy (non-hydrogen) atoms. The second-order valence-corrected chi connectivity index (χ2v) is 2.15. The maximum absolute atomic E-state index is 8.41. The third-order valence-electron chi connectivity index (χ3n) is 1.52. The number of nitriles is 1. The molecule has 2 heteroatoms. The van der Waals surface area contributed by atoms with Gasteiger partial charge in [-0.15, -0.1) is 0 Å². The molecule has 0 aliphatic carbocycles. The molecule has 1 aliphatic rings. The molecule has 2 nitrogen and oxygen atoms in total. The molecule has 58 valence electrons. The minimum Gasteiger partial charge on any atom is -0.317 e. The Morgan fingerprint density at radius 1 is 1.30 bits per heavy atom. The van der Waals surface area contributed by atoms with Crippen molar-refractivity contribution in [2.45, 2.75) is 26.7 Å². The van der Waals surface area contributed by atoms with E-state index in [1.54, 1.807) is 0 Å². The Labute approximate surface area is 63.2 Å². The molecule has 0 aromatic heterocycles. The Bertz CT molecular complexity index is 98.3. The Kier molecular flexibility index (Phi) is 6.21. The smallest absolute Gasteiger partial charge is 0.0656 e.